The lowest BCUT2D eigenvalue weighted by atomic mass is 10.1. The number of benzene rings is 1. The molecule has 0 fully saturated rings. The fourth-order valence-electron chi connectivity index (χ4n) is 2.08. The SMILES string of the molecule is CC(CN(Cc1ccccc1)C(C)C)NC(=O)C(C)C. The third-order valence-electron chi connectivity index (χ3n) is 3.38. The van der Waals surface area contributed by atoms with Gasteiger partial charge in [0.25, 0.3) is 0 Å². The monoisotopic (exact) mass is 276 g/mol. The Bertz CT molecular complexity index is 401. The van der Waals surface area contributed by atoms with Crippen molar-refractivity contribution in [3.63, 3.8) is 0 Å². The van der Waals surface area contributed by atoms with Crippen LogP contribution in [0.5, 0.6) is 0 Å². The quantitative estimate of drug-likeness (QED) is 0.830. The number of hydrogen-bond donors (Lipinski definition) is 1. The molecule has 1 aromatic rings. The van der Waals surface area contributed by atoms with E-state index in [1.54, 1.807) is 0 Å². The van der Waals surface area contributed by atoms with Crippen molar-refractivity contribution in [1.82, 2.24) is 10.2 Å². The van der Waals surface area contributed by atoms with Crippen LogP contribution in [0.4, 0.5) is 0 Å². The van der Waals surface area contributed by atoms with Gasteiger partial charge < -0.3 is 5.32 Å². The number of nitrogens with zero attached hydrogens (tertiary/aromatic N) is 1. The first-order valence-corrected chi connectivity index (χ1v) is 7.48. The Hall–Kier alpha value is -1.35. The molecule has 1 aromatic carbocycles. The van der Waals surface area contributed by atoms with E-state index in [1.807, 2.05) is 19.9 Å². The van der Waals surface area contributed by atoms with Crippen molar-refractivity contribution < 1.29 is 4.79 Å². The predicted molar refractivity (Wildman–Crippen MR) is 84.4 cm³/mol. The summed E-state index contributed by atoms with van der Waals surface area (Å²) >= 11 is 0. The smallest absolute Gasteiger partial charge is 0.222 e. The Morgan fingerprint density at radius 1 is 1.10 bits per heavy atom. The van der Waals surface area contributed by atoms with Crippen LogP contribution in [0.3, 0.4) is 0 Å². The lowest BCUT2D eigenvalue weighted by molar-refractivity contribution is -0.124. The highest BCUT2D eigenvalue weighted by Gasteiger charge is 2.16. The van der Waals surface area contributed by atoms with Crippen LogP contribution in [-0.4, -0.2) is 29.4 Å². The second-order valence-corrected chi connectivity index (χ2v) is 6.07. The van der Waals surface area contributed by atoms with Crippen molar-refractivity contribution in [3.8, 4) is 0 Å². The number of carbonyl (C=O) groups excluding carboxylic acids is 1. The molecule has 1 amide bonds. The molecule has 3 nitrogen and oxygen atoms in total. The molecule has 112 valence electrons. The van der Waals surface area contributed by atoms with Gasteiger partial charge in [-0.15, -0.1) is 0 Å². The first-order chi connectivity index (χ1) is 9.40. The van der Waals surface area contributed by atoms with Crippen molar-refractivity contribution in [2.45, 2.75) is 53.2 Å². The molecule has 0 spiro atoms. The van der Waals surface area contributed by atoms with Crippen LogP contribution >= 0.6 is 0 Å². The van der Waals surface area contributed by atoms with Crippen LogP contribution in [0.25, 0.3) is 0 Å². The Morgan fingerprint density at radius 2 is 1.70 bits per heavy atom. The number of carbonyl (C=O) groups is 1. The van der Waals surface area contributed by atoms with Crippen molar-refractivity contribution in [3.05, 3.63) is 35.9 Å². The summed E-state index contributed by atoms with van der Waals surface area (Å²) in [5.74, 6) is 0.167. The summed E-state index contributed by atoms with van der Waals surface area (Å²) in [6, 6.07) is 11.1. The average Bonchev–Trinajstić information content (AvgIpc) is 2.38. The minimum Gasteiger partial charge on any atom is -0.352 e. The number of amides is 1. The van der Waals surface area contributed by atoms with E-state index >= 15 is 0 Å². The molecule has 0 saturated heterocycles. The fraction of sp³-hybridized carbons (Fsp3) is 0.588. The van der Waals surface area contributed by atoms with Gasteiger partial charge in [0, 0.05) is 31.1 Å². The Morgan fingerprint density at radius 3 is 2.20 bits per heavy atom. The number of nitrogens with one attached hydrogen (secondary N) is 1. The Balaban J connectivity index is 2.57. The molecule has 3 heteroatoms. The van der Waals surface area contributed by atoms with Crippen LogP contribution in [0.1, 0.15) is 40.2 Å². The van der Waals surface area contributed by atoms with Gasteiger partial charge in [-0.1, -0.05) is 44.2 Å². The van der Waals surface area contributed by atoms with Crippen LogP contribution in [0.2, 0.25) is 0 Å². The van der Waals surface area contributed by atoms with Gasteiger partial charge in [-0.2, -0.15) is 0 Å². The van der Waals surface area contributed by atoms with Crippen LogP contribution < -0.4 is 5.32 Å². The topological polar surface area (TPSA) is 32.3 Å². The van der Waals surface area contributed by atoms with E-state index < -0.39 is 0 Å². The summed E-state index contributed by atoms with van der Waals surface area (Å²) in [7, 11) is 0. The highest BCUT2D eigenvalue weighted by molar-refractivity contribution is 5.78. The van der Waals surface area contributed by atoms with Gasteiger partial charge in [-0.05, 0) is 26.3 Å². The molecule has 0 aliphatic carbocycles. The third-order valence-corrected chi connectivity index (χ3v) is 3.38. The summed E-state index contributed by atoms with van der Waals surface area (Å²) in [6.07, 6.45) is 0. The third kappa shape index (κ3) is 5.74. The van der Waals surface area contributed by atoms with Crippen molar-refractivity contribution >= 4 is 5.91 Å². The molecule has 20 heavy (non-hydrogen) atoms. The first kappa shape index (κ1) is 16.7. The normalized spacial score (nSPS) is 13.0. The van der Waals surface area contributed by atoms with Gasteiger partial charge in [0.2, 0.25) is 5.91 Å². The summed E-state index contributed by atoms with van der Waals surface area (Å²) < 4.78 is 0. The zero-order valence-electron chi connectivity index (χ0n) is 13.4. The van der Waals surface area contributed by atoms with Crippen molar-refractivity contribution in [2.75, 3.05) is 6.54 Å². The second kappa shape index (κ2) is 8.05. The summed E-state index contributed by atoms with van der Waals surface area (Å²) in [4.78, 5) is 14.1. The molecule has 0 heterocycles. The van der Waals surface area contributed by atoms with Gasteiger partial charge in [-0.3, -0.25) is 9.69 Å². The highest BCUT2D eigenvalue weighted by atomic mass is 16.1. The highest BCUT2D eigenvalue weighted by Crippen LogP contribution is 2.09. The van der Waals surface area contributed by atoms with E-state index in [0.717, 1.165) is 13.1 Å². The molecule has 1 unspecified atom stereocenters. The zero-order chi connectivity index (χ0) is 15.1. The summed E-state index contributed by atoms with van der Waals surface area (Å²) in [5.41, 5.74) is 1.31. The summed E-state index contributed by atoms with van der Waals surface area (Å²) in [5, 5.41) is 3.07. The molecule has 1 rings (SSSR count). The minimum absolute atomic E-state index is 0.0408. The first-order valence-electron chi connectivity index (χ1n) is 7.48. The molecule has 0 aromatic heterocycles. The molecule has 1 N–H and O–H groups in total. The molecule has 0 bridgehead atoms. The molecule has 1 atom stereocenters. The molecule has 0 aliphatic rings. The number of hydrogen-bond acceptors (Lipinski definition) is 2. The van der Waals surface area contributed by atoms with Crippen LogP contribution in [0.15, 0.2) is 30.3 Å². The van der Waals surface area contributed by atoms with Gasteiger partial charge in [0.1, 0.15) is 0 Å². The maximum Gasteiger partial charge on any atom is 0.222 e. The van der Waals surface area contributed by atoms with Crippen LogP contribution in [0, 0.1) is 5.92 Å². The van der Waals surface area contributed by atoms with Gasteiger partial charge in [-0.25, -0.2) is 0 Å². The Kier molecular flexibility index (Phi) is 6.73. The van der Waals surface area contributed by atoms with E-state index in [0.29, 0.717) is 6.04 Å². The van der Waals surface area contributed by atoms with Gasteiger partial charge in [0.15, 0.2) is 0 Å². The lowest BCUT2D eigenvalue weighted by Crippen LogP contribution is -2.45. The standard InChI is InChI=1S/C17H28N2O/c1-13(2)17(20)18-15(5)11-19(14(3)4)12-16-9-7-6-8-10-16/h6-10,13-15H,11-12H2,1-5H3,(H,18,20). The van der Waals surface area contributed by atoms with E-state index in [1.165, 1.54) is 5.56 Å². The molecular formula is C17H28N2O. The summed E-state index contributed by atoms with van der Waals surface area (Å²) in [6.45, 7) is 12.1. The maximum absolute atomic E-state index is 11.7. The van der Waals surface area contributed by atoms with E-state index in [4.69, 9.17) is 0 Å². The molecule has 0 radical (unpaired) electrons. The zero-order valence-corrected chi connectivity index (χ0v) is 13.4. The second-order valence-electron chi connectivity index (χ2n) is 6.07. The number of rotatable bonds is 7. The predicted octanol–water partition coefficient (Wildman–Crippen LogP) is 3.06. The maximum atomic E-state index is 11.7. The van der Waals surface area contributed by atoms with E-state index in [9.17, 15) is 4.79 Å². The fourth-order valence-corrected chi connectivity index (χ4v) is 2.08. The molecule has 0 saturated carbocycles. The van der Waals surface area contributed by atoms with Gasteiger partial charge >= 0.3 is 0 Å². The van der Waals surface area contributed by atoms with E-state index in [2.05, 4.69) is 55.3 Å². The van der Waals surface area contributed by atoms with E-state index in [-0.39, 0.29) is 17.9 Å². The molecule has 0 aliphatic heterocycles. The largest absolute Gasteiger partial charge is 0.352 e. The van der Waals surface area contributed by atoms with Crippen LogP contribution in [-0.2, 0) is 11.3 Å². The lowest BCUT2D eigenvalue weighted by Gasteiger charge is -2.30. The average molecular weight is 276 g/mol. The van der Waals surface area contributed by atoms with Crippen molar-refractivity contribution in [1.29, 1.82) is 0 Å². The minimum atomic E-state index is 0.0408. The Labute approximate surface area is 123 Å². The van der Waals surface area contributed by atoms with Gasteiger partial charge in [0.05, 0.1) is 0 Å². The molecular weight excluding hydrogens is 248 g/mol. The van der Waals surface area contributed by atoms with Crippen molar-refractivity contribution in [2.24, 2.45) is 5.92 Å².